The van der Waals surface area contributed by atoms with E-state index in [-0.39, 0.29) is 36.2 Å². The minimum absolute atomic E-state index is 0.111. The van der Waals surface area contributed by atoms with Crippen molar-refractivity contribution in [1.29, 1.82) is 0 Å². The van der Waals surface area contributed by atoms with Crippen LogP contribution in [0.25, 0.3) is 57.6 Å². The molecule has 8 aromatic carbocycles. The fourth-order valence-corrected chi connectivity index (χ4v) is 25.3. The van der Waals surface area contributed by atoms with Crippen molar-refractivity contribution in [3.8, 4) is 12.0 Å². The summed E-state index contributed by atoms with van der Waals surface area (Å²) in [7, 11) is 12.6. The van der Waals surface area contributed by atoms with Crippen LogP contribution in [-0.4, -0.2) is 243 Å². The highest BCUT2D eigenvalue weighted by molar-refractivity contribution is 7.99. The molecule has 12 aromatic rings. The monoisotopic (exact) mass is 2110 g/mol. The highest BCUT2D eigenvalue weighted by Gasteiger charge is 2.40. The molecule has 22 rings (SSSR count). The molecule has 10 atom stereocenters. The Kier molecular flexibility index (Phi) is 35.6. The Morgan fingerprint density at radius 1 is 0.416 bits per heavy atom. The number of nitrogens with zero attached hydrogens (tertiary/aromatic N) is 19. The molecule has 1 amide bonds. The second-order valence-corrected chi connectivity index (χ2v) is 44.6. The molecule has 4 aromatic heterocycles. The molecular weight excluding hydrogens is 1970 g/mol. The Bertz CT molecular complexity index is 6680. The normalized spacial score (nSPS) is 21.9. The summed E-state index contributed by atoms with van der Waals surface area (Å²) in [6, 6.07) is 50.7. The molecule has 10 aliphatic heterocycles. The summed E-state index contributed by atoms with van der Waals surface area (Å²) < 4.78 is 38.4. The van der Waals surface area contributed by atoms with Crippen molar-refractivity contribution in [3.05, 3.63) is 267 Å². The van der Waals surface area contributed by atoms with Crippen LogP contribution in [-0.2, 0) is 75.9 Å². The second kappa shape index (κ2) is 50.0. The Morgan fingerprint density at radius 2 is 0.738 bits per heavy atom. The third-order valence-electron chi connectivity index (χ3n) is 31.0. The fourth-order valence-electron chi connectivity index (χ4n) is 23.2. The largest absolute Gasteiger partial charge is 0.462 e. The van der Waals surface area contributed by atoms with Crippen molar-refractivity contribution in [3.63, 3.8) is 0 Å². The summed E-state index contributed by atoms with van der Waals surface area (Å²) in [5.41, 5.74) is 18.1. The zero-order chi connectivity index (χ0) is 103. The van der Waals surface area contributed by atoms with Gasteiger partial charge >= 0.3 is 12.0 Å². The third-order valence-corrected chi connectivity index (χ3v) is 33.0. The number of aromatic nitrogens is 8. The van der Waals surface area contributed by atoms with Gasteiger partial charge in [0.1, 0.15) is 36.5 Å². The summed E-state index contributed by atoms with van der Waals surface area (Å²) in [5.74, 6) is 6.41. The molecule has 0 bridgehead atoms. The van der Waals surface area contributed by atoms with E-state index in [9.17, 15) is 4.79 Å². The van der Waals surface area contributed by atoms with Gasteiger partial charge in [-0.1, -0.05) is 179 Å². The maximum Gasteiger partial charge on any atom is 0.318 e. The van der Waals surface area contributed by atoms with Gasteiger partial charge in [-0.25, -0.2) is 34.7 Å². The van der Waals surface area contributed by atoms with E-state index in [1.54, 1.807) is 11.8 Å². The number of carbonyl (C=O) groups excluding carboxylic acids is 1. The first-order valence-electron chi connectivity index (χ1n) is 53.0. The SMILES string of the molecule is CN1CCC[C@H]1COc1nc2c(c(N3CCC[C@@H](CC(N)=O)C3)n1)CO[C@H](c1cccc3cccc(Cl)c13)C2.[C-]#[N+]C[C@@H]1CCCN(c2nc(NCCN(C)C)nc3c2CO[C@H](c2cccc4cccc(Cl)c24)C3)C1.[C-]#[N+]C[C@@H]1CCCN(c2nc(SCCN(C)C)nc3c2CO[C@H](c2cccc4cccc(Cl)c24)C3)C1.[C-]#[N+]C[C@H]1CCCN(c2nc(OC[C@@H]3CCCN3C)nc3c2CO[C@H](c2cccc4cccc(Cl)c24)C3)C1. The molecule has 6 fully saturated rings. The number of amides is 1. The Hall–Kier alpha value is -11.2. The van der Waals surface area contributed by atoms with Gasteiger partial charge in [0.05, 0.1) is 73.6 Å². The van der Waals surface area contributed by atoms with Gasteiger partial charge in [-0.15, -0.1) is 0 Å². The van der Waals surface area contributed by atoms with Crippen molar-refractivity contribution in [1.82, 2.24) is 59.5 Å². The van der Waals surface area contributed by atoms with Gasteiger partial charge in [-0.2, -0.15) is 24.9 Å². The minimum atomic E-state index is -0.254. The molecule has 149 heavy (non-hydrogen) atoms. The lowest BCUT2D eigenvalue weighted by Gasteiger charge is -2.36. The number of hydrogen-bond acceptors (Lipinski definition) is 25. The number of nitrogens with one attached hydrogen (secondary N) is 1. The lowest BCUT2D eigenvalue weighted by atomic mass is 9.93. The van der Waals surface area contributed by atoms with Crippen molar-refractivity contribution < 1.29 is 33.2 Å². The van der Waals surface area contributed by atoms with Gasteiger partial charge in [-0.3, -0.25) is 4.79 Å². The molecule has 33 heteroatoms. The molecule has 0 aliphatic carbocycles. The number of likely N-dealkylation sites (tertiary alicyclic amines) is 2. The Morgan fingerprint density at radius 3 is 1.08 bits per heavy atom. The van der Waals surface area contributed by atoms with E-state index >= 15 is 0 Å². The van der Waals surface area contributed by atoms with Gasteiger partial charge < -0.3 is 93.2 Å². The average molecular weight is 2110 g/mol. The highest BCUT2D eigenvalue weighted by atomic mass is 35.5. The van der Waals surface area contributed by atoms with Crippen LogP contribution in [0.3, 0.4) is 0 Å². The minimum Gasteiger partial charge on any atom is -0.462 e. The third kappa shape index (κ3) is 25.6. The number of carbonyl (C=O) groups is 1. The van der Waals surface area contributed by atoms with E-state index in [2.05, 4.69) is 198 Å². The van der Waals surface area contributed by atoms with Crippen LogP contribution in [0.15, 0.2) is 151 Å². The van der Waals surface area contributed by atoms with Crippen LogP contribution >= 0.6 is 58.2 Å². The maximum absolute atomic E-state index is 11.6. The number of hydrogen-bond donors (Lipinski definition) is 2. The van der Waals surface area contributed by atoms with E-state index in [4.69, 9.17) is 140 Å². The van der Waals surface area contributed by atoms with Gasteiger partial charge in [0.15, 0.2) is 5.16 Å². The maximum atomic E-state index is 11.6. The highest BCUT2D eigenvalue weighted by Crippen LogP contribution is 2.48. The molecule has 780 valence electrons. The molecule has 0 spiro atoms. The van der Waals surface area contributed by atoms with Crippen molar-refractivity contribution in [2.45, 2.75) is 177 Å². The van der Waals surface area contributed by atoms with Crippen LogP contribution in [0.5, 0.6) is 12.0 Å². The number of rotatable bonds is 27. The van der Waals surface area contributed by atoms with Crippen LogP contribution in [0, 0.1) is 43.4 Å². The van der Waals surface area contributed by atoms with Gasteiger partial charge in [0, 0.05) is 204 Å². The number of piperidine rings is 4. The fraction of sp³-hybridized carbons (Fsp3) is 0.483. The molecular formula is C116H135Cl4N21O7S. The van der Waals surface area contributed by atoms with E-state index in [0.717, 1.165) is 314 Å². The number of anilines is 5. The number of benzene rings is 8. The standard InChI is InChI=1S/C30H36ClN5O3.C30H34ClN5O2.C28H33ClN6O.C28H32ClN5OS/c1-35-12-5-9-21(35)17-39-30-33-25-15-26(22-10-2-7-20-8-3-11-24(31)28(20)22)38-18-23(25)29(34-30)36-13-4-6-19(16-36)14-27(32)37;1-32-16-20-7-5-14-36(17-20)29-24-19-37-27(23-11-3-8-21-9-4-12-25(31)28(21)23)15-26(24)33-30(34-29)38-18-22-10-6-13-35(22)2;1-30-16-19-7-6-13-35(17-19)27-22-18-36-25(15-24(22)32-28(33-27)31-12-14-34(2)3)21-10-4-8-20-9-5-11-23(29)26(20)21;1-30-16-19-7-6-12-34(17-19)27-22-18-35-25(15-24(22)31-28(32-27)36-14-13-33(2)3)21-10-4-8-20-9-5-11-23(29)26(20)21/h2-3,7-8,10-11,19,21,26H,4-6,9,12-18H2,1H3,(H2,32,37);3-4,8-9,11-12,20,22,27H,5-7,10,13-19H2,2H3;4-5,8-11,19,25H,6-7,12-18H2,2-3H3,(H,31,32,33);4-5,8-11,19,25H,6-7,12-18H2,2-3H3/t19-,21-,26-;20-,22+,27+;2*19-,25-/m0100/s1. The first-order valence-corrected chi connectivity index (χ1v) is 55.5. The van der Waals surface area contributed by atoms with E-state index < -0.39 is 0 Å². The Labute approximate surface area is 899 Å². The van der Waals surface area contributed by atoms with Crippen LogP contribution in [0.1, 0.15) is 175 Å². The second-order valence-electron chi connectivity index (χ2n) is 41.9. The topological polar surface area (TPSA) is 253 Å². The summed E-state index contributed by atoms with van der Waals surface area (Å²) in [4.78, 5) is 80.8. The summed E-state index contributed by atoms with van der Waals surface area (Å²) in [5, 5.41) is 15.8. The lowest BCUT2D eigenvalue weighted by molar-refractivity contribution is -0.119. The molecule has 28 nitrogen and oxygen atoms in total. The van der Waals surface area contributed by atoms with Gasteiger partial charge in [0.2, 0.25) is 31.5 Å². The first-order chi connectivity index (χ1) is 72.6. The number of ether oxygens (including phenoxy) is 6. The van der Waals surface area contributed by atoms with Gasteiger partial charge in [0.25, 0.3) is 0 Å². The van der Waals surface area contributed by atoms with E-state index in [1.807, 2.05) is 48.5 Å². The van der Waals surface area contributed by atoms with Crippen LogP contribution in [0.4, 0.5) is 29.2 Å². The van der Waals surface area contributed by atoms with Crippen LogP contribution in [0.2, 0.25) is 20.1 Å². The number of primary amides is 1. The molecule has 0 unspecified atom stereocenters. The van der Waals surface area contributed by atoms with Crippen molar-refractivity contribution in [2.24, 2.45) is 29.4 Å². The number of fused-ring (bicyclic) bond motifs is 8. The predicted molar refractivity (Wildman–Crippen MR) is 595 cm³/mol. The summed E-state index contributed by atoms with van der Waals surface area (Å²) in [6.45, 7) is 38.4. The Balaban J connectivity index is 0.000000125. The number of likely N-dealkylation sites (N-methyl/N-ethyl adjacent to an activating group) is 3. The average Bonchev–Trinajstić information content (AvgIpc) is 0.960. The number of thioether (sulfide) groups is 1. The first kappa shape index (κ1) is 106. The molecule has 0 saturated carbocycles. The summed E-state index contributed by atoms with van der Waals surface area (Å²) in [6.07, 6.45) is 15.5. The zero-order valence-corrected chi connectivity index (χ0v) is 90.1. The van der Waals surface area contributed by atoms with Crippen molar-refractivity contribution in [2.75, 3.05) is 191 Å². The smallest absolute Gasteiger partial charge is 0.318 e. The lowest BCUT2D eigenvalue weighted by Crippen LogP contribution is -2.39. The van der Waals surface area contributed by atoms with E-state index in [1.165, 1.54) is 12.8 Å². The predicted octanol–water partition coefficient (Wildman–Crippen LogP) is 21.5. The van der Waals surface area contributed by atoms with Gasteiger partial charge in [-0.05, 0) is 206 Å². The zero-order valence-electron chi connectivity index (χ0n) is 86.3. The van der Waals surface area contributed by atoms with Crippen molar-refractivity contribution >= 4 is 136 Å². The summed E-state index contributed by atoms with van der Waals surface area (Å²) >= 11 is 28.3. The number of nitrogens with two attached hydrogens (primary N) is 1. The number of halogens is 4. The molecule has 0 radical (unpaired) electrons. The van der Waals surface area contributed by atoms with E-state index in [0.29, 0.717) is 139 Å². The molecule has 14 heterocycles. The molecule has 3 N–H and O–H groups in total. The molecule has 10 aliphatic rings. The van der Waals surface area contributed by atoms with Crippen LogP contribution < -0.4 is 40.1 Å². The quantitative estimate of drug-likeness (QED) is 0.0276. The molecule has 6 saturated heterocycles.